The molecule has 2 atom stereocenters. The topological polar surface area (TPSA) is 29.3 Å². The van der Waals surface area contributed by atoms with Gasteiger partial charge < -0.3 is 10.6 Å². The summed E-state index contributed by atoms with van der Waals surface area (Å²) in [5.41, 5.74) is 7.46. The first-order chi connectivity index (χ1) is 8.10. The summed E-state index contributed by atoms with van der Waals surface area (Å²) in [4.78, 5) is 2.15. The summed E-state index contributed by atoms with van der Waals surface area (Å²) in [5.74, 6) is 1.44. The molecule has 0 aromatic heterocycles. The van der Waals surface area contributed by atoms with Gasteiger partial charge in [0.25, 0.3) is 0 Å². The number of benzene rings is 1. The Morgan fingerprint density at radius 3 is 2.71 bits per heavy atom. The lowest BCUT2D eigenvalue weighted by atomic mass is 10.1. The van der Waals surface area contributed by atoms with Crippen molar-refractivity contribution in [1.29, 1.82) is 0 Å². The standard InChI is InChI=1S/C14H21FN2/c1-10-5-12(10)9-17(2)14-7-11(3-4-16)6-13(15)8-14/h6-8,10,12H,3-5,9,16H2,1-2H3. The van der Waals surface area contributed by atoms with Gasteiger partial charge in [0.1, 0.15) is 5.82 Å². The van der Waals surface area contributed by atoms with Gasteiger partial charge in [-0.25, -0.2) is 4.39 Å². The van der Waals surface area contributed by atoms with E-state index in [2.05, 4.69) is 11.8 Å². The van der Waals surface area contributed by atoms with Gasteiger partial charge >= 0.3 is 0 Å². The summed E-state index contributed by atoms with van der Waals surface area (Å²) < 4.78 is 13.5. The van der Waals surface area contributed by atoms with Crippen LogP contribution in [-0.2, 0) is 6.42 Å². The molecule has 0 heterocycles. The highest BCUT2D eigenvalue weighted by atomic mass is 19.1. The molecule has 0 saturated heterocycles. The van der Waals surface area contributed by atoms with E-state index < -0.39 is 0 Å². The van der Waals surface area contributed by atoms with Gasteiger partial charge in [-0.1, -0.05) is 6.92 Å². The van der Waals surface area contributed by atoms with Crippen molar-refractivity contribution < 1.29 is 4.39 Å². The molecule has 0 amide bonds. The number of hydrogen-bond acceptors (Lipinski definition) is 2. The molecule has 2 nitrogen and oxygen atoms in total. The number of hydrogen-bond donors (Lipinski definition) is 1. The van der Waals surface area contributed by atoms with Crippen molar-refractivity contribution in [3.8, 4) is 0 Å². The van der Waals surface area contributed by atoms with Crippen molar-refractivity contribution in [2.45, 2.75) is 19.8 Å². The van der Waals surface area contributed by atoms with E-state index in [9.17, 15) is 4.39 Å². The van der Waals surface area contributed by atoms with E-state index in [0.29, 0.717) is 6.54 Å². The van der Waals surface area contributed by atoms with Gasteiger partial charge in [0.05, 0.1) is 0 Å². The predicted octanol–water partition coefficient (Wildman–Crippen LogP) is 2.42. The van der Waals surface area contributed by atoms with Crippen LogP contribution < -0.4 is 10.6 Å². The summed E-state index contributed by atoms with van der Waals surface area (Å²) >= 11 is 0. The first-order valence-corrected chi connectivity index (χ1v) is 6.31. The zero-order valence-electron chi connectivity index (χ0n) is 10.6. The average molecular weight is 236 g/mol. The van der Waals surface area contributed by atoms with Crippen LogP contribution in [0.5, 0.6) is 0 Å². The van der Waals surface area contributed by atoms with Gasteiger partial charge in [-0.15, -0.1) is 0 Å². The highest BCUT2D eigenvalue weighted by Gasteiger charge is 2.33. The van der Waals surface area contributed by atoms with Crippen LogP contribution in [0.15, 0.2) is 18.2 Å². The maximum atomic E-state index is 13.5. The molecule has 3 heteroatoms. The third-order valence-corrected chi connectivity index (χ3v) is 3.60. The number of anilines is 1. The second-order valence-corrected chi connectivity index (χ2v) is 5.21. The Hall–Kier alpha value is -1.09. The van der Waals surface area contributed by atoms with E-state index in [4.69, 9.17) is 5.73 Å². The third-order valence-electron chi connectivity index (χ3n) is 3.60. The molecular weight excluding hydrogens is 215 g/mol. The summed E-state index contributed by atoms with van der Waals surface area (Å²) in [6.07, 6.45) is 2.04. The van der Waals surface area contributed by atoms with Crippen LogP contribution in [0.2, 0.25) is 0 Å². The smallest absolute Gasteiger partial charge is 0.125 e. The Labute approximate surface area is 103 Å². The lowest BCUT2D eigenvalue weighted by molar-refractivity contribution is 0.623. The second kappa shape index (κ2) is 5.05. The summed E-state index contributed by atoms with van der Waals surface area (Å²) in [5, 5.41) is 0. The quantitative estimate of drug-likeness (QED) is 0.850. The van der Waals surface area contributed by atoms with Crippen LogP contribution in [0.3, 0.4) is 0 Å². The SMILES string of the molecule is CC1CC1CN(C)c1cc(F)cc(CCN)c1. The van der Waals surface area contributed by atoms with Crippen LogP contribution in [0, 0.1) is 17.7 Å². The largest absolute Gasteiger partial charge is 0.374 e. The fraction of sp³-hybridized carbons (Fsp3) is 0.571. The Balaban J connectivity index is 2.07. The van der Waals surface area contributed by atoms with Gasteiger partial charge in [-0.3, -0.25) is 0 Å². The number of nitrogens with two attached hydrogens (primary N) is 1. The van der Waals surface area contributed by atoms with Crippen LogP contribution in [0.1, 0.15) is 18.9 Å². The van der Waals surface area contributed by atoms with Crippen LogP contribution in [0.25, 0.3) is 0 Å². The Kier molecular flexibility index (Phi) is 3.67. The maximum Gasteiger partial charge on any atom is 0.125 e. The monoisotopic (exact) mass is 236 g/mol. The molecule has 0 bridgehead atoms. The zero-order valence-corrected chi connectivity index (χ0v) is 10.6. The second-order valence-electron chi connectivity index (χ2n) is 5.21. The normalized spacial score (nSPS) is 22.6. The minimum atomic E-state index is -0.165. The first-order valence-electron chi connectivity index (χ1n) is 6.31. The van der Waals surface area contributed by atoms with Crippen molar-refractivity contribution in [3.63, 3.8) is 0 Å². The molecule has 0 spiro atoms. The van der Waals surface area contributed by atoms with Gasteiger partial charge in [-0.2, -0.15) is 0 Å². The number of nitrogens with zero attached hydrogens (tertiary/aromatic N) is 1. The molecule has 1 aliphatic carbocycles. The molecule has 1 fully saturated rings. The van der Waals surface area contributed by atoms with Crippen molar-refractivity contribution in [2.75, 3.05) is 25.0 Å². The highest BCUT2D eigenvalue weighted by Crippen LogP contribution is 2.38. The van der Waals surface area contributed by atoms with E-state index in [0.717, 1.165) is 36.1 Å². The maximum absolute atomic E-state index is 13.5. The molecule has 0 radical (unpaired) electrons. The van der Waals surface area contributed by atoms with E-state index in [1.165, 1.54) is 6.42 Å². The fourth-order valence-electron chi connectivity index (χ4n) is 2.28. The molecule has 1 aliphatic rings. The third kappa shape index (κ3) is 3.19. The van der Waals surface area contributed by atoms with E-state index in [1.807, 2.05) is 13.1 Å². The van der Waals surface area contributed by atoms with Crippen molar-refractivity contribution in [1.82, 2.24) is 0 Å². The molecule has 2 N–H and O–H groups in total. The molecule has 2 unspecified atom stereocenters. The lowest BCUT2D eigenvalue weighted by Gasteiger charge is -2.20. The predicted molar refractivity (Wildman–Crippen MR) is 69.7 cm³/mol. The minimum Gasteiger partial charge on any atom is -0.374 e. The fourth-order valence-corrected chi connectivity index (χ4v) is 2.28. The van der Waals surface area contributed by atoms with E-state index in [-0.39, 0.29) is 5.82 Å². The lowest BCUT2D eigenvalue weighted by Crippen LogP contribution is -2.21. The highest BCUT2D eigenvalue weighted by molar-refractivity contribution is 5.48. The van der Waals surface area contributed by atoms with Gasteiger partial charge in [0.15, 0.2) is 0 Å². The van der Waals surface area contributed by atoms with Crippen LogP contribution >= 0.6 is 0 Å². The minimum absolute atomic E-state index is 0.165. The molecule has 0 aliphatic heterocycles. The van der Waals surface area contributed by atoms with Gasteiger partial charge in [0, 0.05) is 19.3 Å². The van der Waals surface area contributed by atoms with Gasteiger partial charge in [-0.05, 0) is 55.0 Å². The van der Waals surface area contributed by atoms with Crippen molar-refractivity contribution in [3.05, 3.63) is 29.6 Å². The van der Waals surface area contributed by atoms with Crippen molar-refractivity contribution >= 4 is 5.69 Å². The molecule has 17 heavy (non-hydrogen) atoms. The molecule has 2 rings (SSSR count). The molecule has 1 saturated carbocycles. The summed E-state index contributed by atoms with van der Waals surface area (Å²) in [6.45, 7) is 3.85. The number of halogens is 1. The molecule has 94 valence electrons. The van der Waals surface area contributed by atoms with Crippen LogP contribution in [0.4, 0.5) is 10.1 Å². The Morgan fingerprint density at radius 2 is 2.12 bits per heavy atom. The zero-order chi connectivity index (χ0) is 12.4. The number of rotatable bonds is 5. The summed E-state index contributed by atoms with van der Waals surface area (Å²) in [7, 11) is 2.03. The van der Waals surface area contributed by atoms with E-state index in [1.54, 1.807) is 12.1 Å². The van der Waals surface area contributed by atoms with Crippen LogP contribution in [-0.4, -0.2) is 20.1 Å². The molecular formula is C14H21FN2. The average Bonchev–Trinajstić information content (AvgIpc) is 2.93. The van der Waals surface area contributed by atoms with Gasteiger partial charge in [0.2, 0.25) is 0 Å². The molecule has 1 aromatic carbocycles. The Bertz CT molecular complexity index is 392. The first kappa shape index (κ1) is 12.4. The van der Waals surface area contributed by atoms with Crippen molar-refractivity contribution in [2.24, 2.45) is 17.6 Å². The Morgan fingerprint density at radius 1 is 1.41 bits per heavy atom. The van der Waals surface area contributed by atoms with E-state index >= 15 is 0 Å². The summed E-state index contributed by atoms with van der Waals surface area (Å²) in [6, 6.07) is 5.22. The molecule has 1 aromatic rings.